The maximum Gasteiger partial charge on any atom is 0.144 e. The van der Waals surface area contributed by atoms with Gasteiger partial charge in [0.15, 0.2) is 0 Å². The quantitative estimate of drug-likeness (QED) is 0.824. The lowest BCUT2D eigenvalue weighted by Crippen LogP contribution is -2.02. The maximum absolute atomic E-state index is 5.14. The SMILES string of the molecule is CCc1nc(=S)c(Br)c(C(C)C)[nH]1. The van der Waals surface area contributed by atoms with E-state index in [9.17, 15) is 0 Å². The zero-order chi connectivity index (χ0) is 10.0. The Labute approximate surface area is 91.9 Å². The Kier molecular flexibility index (Phi) is 3.62. The van der Waals surface area contributed by atoms with Crippen molar-refractivity contribution in [2.75, 3.05) is 0 Å². The minimum absolute atomic E-state index is 0.435. The number of nitrogens with one attached hydrogen (secondary N) is 1. The summed E-state index contributed by atoms with van der Waals surface area (Å²) >= 11 is 8.58. The second-order valence-corrected chi connectivity index (χ2v) is 4.40. The first-order valence-corrected chi connectivity index (χ1v) is 5.55. The van der Waals surface area contributed by atoms with E-state index in [-0.39, 0.29) is 0 Å². The number of H-pyrrole nitrogens is 1. The second-order valence-electron chi connectivity index (χ2n) is 3.22. The van der Waals surface area contributed by atoms with Crippen LogP contribution in [-0.2, 0) is 6.42 Å². The molecule has 1 rings (SSSR count). The highest BCUT2D eigenvalue weighted by Crippen LogP contribution is 2.22. The molecule has 4 heteroatoms. The van der Waals surface area contributed by atoms with Crippen molar-refractivity contribution in [3.05, 3.63) is 20.6 Å². The molecule has 0 fully saturated rings. The summed E-state index contributed by atoms with van der Waals surface area (Å²) in [7, 11) is 0. The molecule has 0 unspecified atom stereocenters. The lowest BCUT2D eigenvalue weighted by molar-refractivity contribution is 0.776. The topological polar surface area (TPSA) is 28.7 Å². The van der Waals surface area contributed by atoms with Crippen LogP contribution in [0.4, 0.5) is 0 Å². The van der Waals surface area contributed by atoms with Gasteiger partial charge in [-0.05, 0) is 21.8 Å². The van der Waals surface area contributed by atoms with Gasteiger partial charge in [0, 0.05) is 12.1 Å². The Balaban J connectivity index is 3.33. The summed E-state index contributed by atoms with van der Waals surface area (Å²) in [6.07, 6.45) is 0.886. The van der Waals surface area contributed by atoms with Gasteiger partial charge in [0.05, 0.1) is 4.47 Å². The van der Waals surface area contributed by atoms with Gasteiger partial charge < -0.3 is 4.98 Å². The zero-order valence-electron chi connectivity index (χ0n) is 8.02. The van der Waals surface area contributed by atoms with E-state index in [1.165, 1.54) is 0 Å². The van der Waals surface area contributed by atoms with Crippen molar-refractivity contribution in [1.29, 1.82) is 0 Å². The van der Waals surface area contributed by atoms with Gasteiger partial charge in [-0.2, -0.15) is 0 Å². The van der Waals surface area contributed by atoms with Crippen LogP contribution < -0.4 is 0 Å². The number of aromatic nitrogens is 2. The lowest BCUT2D eigenvalue weighted by Gasteiger charge is -2.10. The highest BCUT2D eigenvalue weighted by Gasteiger charge is 2.08. The van der Waals surface area contributed by atoms with Crippen LogP contribution in [0.3, 0.4) is 0 Å². The smallest absolute Gasteiger partial charge is 0.144 e. The summed E-state index contributed by atoms with van der Waals surface area (Å²) in [6, 6.07) is 0. The number of rotatable bonds is 2. The molecule has 1 N–H and O–H groups in total. The molecule has 0 aromatic carbocycles. The first-order chi connectivity index (χ1) is 6.06. The normalized spacial score (nSPS) is 10.8. The highest BCUT2D eigenvalue weighted by molar-refractivity contribution is 9.10. The lowest BCUT2D eigenvalue weighted by atomic mass is 10.1. The minimum Gasteiger partial charge on any atom is -0.346 e. The number of aromatic amines is 1. The Morgan fingerprint density at radius 3 is 2.62 bits per heavy atom. The fourth-order valence-corrected chi connectivity index (χ4v) is 1.96. The summed E-state index contributed by atoms with van der Waals surface area (Å²) in [5, 5.41) is 0. The van der Waals surface area contributed by atoms with Gasteiger partial charge in [-0.15, -0.1) is 0 Å². The molecule has 0 saturated heterocycles. The molecular weight excluding hydrogens is 248 g/mol. The highest BCUT2D eigenvalue weighted by atomic mass is 79.9. The molecule has 1 aromatic heterocycles. The molecule has 0 bridgehead atoms. The number of hydrogen-bond donors (Lipinski definition) is 1. The van der Waals surface area contributed by atoms with Gasteiger partial charge in [0.1, 0.15) is 10.5 Å². The number of hydrogen-bond acceptors (Lipinski definition) is 2. The Hall–Kier alpha value is -0.220. The molecule has 1 aromatic rings. The molecule has 0 aliphatic carbocycles. The Bertz CT molecular complexity index is 357. The molecule has 72 valence electrons. The van der Waals surface area contributed by atoms with Gasteiger partial charge in [0.2, 0.25) is 0 Å². The minimum atomic E-state index is 0.435. The zero-order valence-corrected chi connectivity index (χ0v) is 10.4. The van der Waals surface area contributed by atoms with Crippen molar-refractivity contribution in [3.8, 4) is 0 Å². The van der Waals surface area contributed by atoms with Crippen molar-refractivity contribution < 1.29 is 0 Å². The monoisotopic (exact) mass is 260 g/mol. The van der Waals surface area contributed by atoms with Crippen LogP contribution >= 0.6 is 28.1 Å². The third kappa shape index (κ3) is 2.38. The average molecular weight is 261 g/mol. The standard InChI is InChI=1S/C9H13BrN2S/c1-4-6-11-8(5(2)3)7(10)9(13)12-6/h5H,4H2,1-3H3,(H,11,12,13). The number of aryl methyl sites for hydroxylation is 1. The van der Waals surface area contributed by atoms with Crippen LogP contribution in [-0.4, -0.2) is 9.97 Å². The summed E-state index contributed by atoms with van der Waals surface area (Å²) in [6.45, 7) is 6.32. The molecule has 0 aliphatic rings. The van der Waals surface area contributed by atoms with E-state index in [1.807, 2.05) is 0 Å². The van der Waals surface area contributed by atoms with Crippen LogP contribution in [0, 0.1) is 4.64 Å². The van der Waals surface area contributed by atoms with E-state index >= 15 is 0 Å². The predicted molar refractivity (Wildman–Crippen MR) is 60.6 cm³/mol. The molecule has 0 aliphatic heterocycles. The Morgan fingerprint density at radius 2 is 2.15 bits per heavy atom. The van der Waals surface area contributed by atoms with Gasteiger partial charge in [0.25, 0.3) is 0 Å². The molecule has 0 spiro atoms. The largest absolute Gasteiger partial charge is 0.346 e. The van der Waals surface area contributed by atoms with Gasteiger partial charge in [-0.1, -0.05) is 33.0 Å². The average Bonchev–Trinajstić information content (AvgIpc) is 2.09. The van der Waals surface area contributed by atoms with Crippen LogP contribution in [0.25, 0.3) is 0 Å². The molecular formula is C9H13BrN2S. The first kappa shape index (κ1) is 10.9. The molecule has 2 nitrogen and oxygen atoms in total. The molecule has 0 amide bonds. The van der Waals surface area contributed by atoms with Gasteiger partial charge in [-0.3, -0.25) is 0 Å². The van der Waals surface area contributed by atoms with Crippen molar-refractivity contribution in [2.24, 2.45) is 0 Å². The predicted octanol–water partition coefficient (Wildman–Crippen LogP) is 3.59. The molecule has 13 heavy (non-hydrogen) atoms. The molecule has 0 atom stereocenters. The Morgan fingerprint density at radius 1 is 1.54 bits per heavy atom. The van der Waals surface area contributed by atoms with Crippen LogP contribution in [0.15, 0.2) is 4.47 Å². The van der Waals surface area contributed by atoms with Crippen LogP contribution in [0.2, 0.25) is 0 Å². The van der Waals surface area contributed by atoms with Crippen LogP contribution in [0.1, 0.15) is 38.2 Å². The van der Waals surface area contributed by atoms with E-state index in [1.54, 1.807) is 0 Å². The number of nitrogens with zero attached hydrogens (tertiary/aromatic N) is 1. The van der Waals surface area contributed by atoms with Crippen molar-refractivity contribution in [2.45, 2.75) is 33.1 Å². The third-order valence-corrected chi connectivity index (χ3v) is 3.21. The van der Waals surface area contributed by atoms with Crippen LogP contribution in [0.5, 0.6) is 0 Å². The summed E-state index contributed by atoms with van der Waals surface area (Å²) in [5.74, 6) is 1.39. The van der Waals surface area contributed by atoms with Crippen molar-refractivity contribution in [3.63, 3.8) is 0 Å². The van der Waals surface area contributed by atoms with Crippen molar-refractivity contribution >= 4 is 28.1 Å². The third-order valence-electron chi connectivity index (χ3n) is 1.85. The van der Waals surface area contributed by atoms with E-state index in [4.69, 9.17) is 12.2 Å². The van der Waals surface area contributed by atoms with E-state index in [0.29, 0.717) is 10.6 Å². The second kappa shape index (κ2) is 4.33. The first-order valence-electron chi connectivity index (χ1n) is 4.34. The van der Waals surface area contributed by atoms with E-state index in [0.717, 1.165) is 22.4 Å². The van der Waals surface area contributed by atoms with Crippen molar-refractivity contribution in [1.82, 2.24) is 9.97 Å². The fraction of sp³-hybridized carbons (Fsp3) is 0.556. The molecule has 0 saturated carbocycles. The maximum atomic E-state index is 5.14. The molecule has 1 heterocycles. The summed E-state index contributed by atoms with van der Waals surface area (Å²) in [5.41, 5.74) is 1.14. The van der Waals surface area contributed by atoms with E-state index in [2.05, 4.69) is 46.7 Å². The van der Waals surface area contributed by atoms with Gasteiger partial charge >= 0.3 is 0 Å². The molecule has 0 radical (unpaired) electrons. The summed E-state index contributed by atoms with van der Waals surface area (Å²) in [4.78, 5) is 7.52. The summed E-state index contributed by atoms with van der Waals surface area (Å²) < 4.78 is 1.58. The number of halogens is 1. The van der Waals surface area contributed by atoms with Gasteiger partial charge in [-0.25, -0.2) is 4.98 Å². The fourth-order valence-electron chi connectivity index (χ4n) is 1.09. The van der Waals surface area contributed by atoms with E-state index < -0.39 is 0 Å².